The smallest absolute Gasteiger partial charge is 0.280 e. The number of unbranched alkanes of at least 4 members (excludes halogenated alkanes) is 1. The summed E-state index contributed by atoms with van der Waals surface area (Å²) in [6.07, 6.45) is 2.76. The fourth-order valence-corrected chi connectivity index (χ4v) is 3.35. The van der Waals surface area contributed by atoms with Crippen LogP contribution in [0.25, 0.3) is 0 Å². The normalized spacial score (nSPS) is 10.5. The van der Waals surface area contributed by atoms with Gasteiger partial charge in [-0.1, -0.05) is 48.2 Å². The molecule has 0 aliphatic carbocycles. The Hall–Kier alpha value is -3.26. The predicted molar refractivity (Wildman–Crippen MR) is 122 cm³/mol. The minimum absolute atomic E-state index is 0.110. The molecular formula is C23H26N4O3S. The zero-order chi connectivity index (χ0) is 21.9. The van der Waals surface area contributed by atoms with Crippen molar-refractivity contribution in [2.75, 3.05) is 24.6 Å². The highest BCUT2D eigenvalue weighted by atomic mass is 32.1. The minimum Gasteiger partial charge on any atom is -0.494 e. The Kier molecular flexibility index (Phi) is 8.54. The number of nitrogens with zero attached hydrogens (tertiary/aromatic N) is 3. The maximum atomic E-state index is 13.0. The van der Waals surface area contributed by atoms with Gasteiger partial charge in [0.1, 0.15) is 12.3 Å². The average molecular weight is 439 g/mol. The summed E-state index contributed by atoms with van der Waals surface area (Å²) in [5, 5.41) is 8.32. The molecule has 0 saturated carbocycles. The van der Waals surface area contributed by atoms with E-state index in [4.69, 9.17) is 4.74 Å². The highest BCUT2D eigenvalue weighted by Gasteiger charge is 2.22. The van der Waals surface area contributed by atoms with Crippen LogP contribution in [-0.4, -0.2) is 41.1 Å². The van der Waals surface area contributed by atoms with E-state index in [9.17, 15) is 9.59 Å². The second-order valence-corrected chi connectivity index (χ2v) is 7.57. The number of aromatic nitrogens is 2. The molecule has 1 aromatic heterocycles. The van der Waals surface area contributed by atoms with Gasteiger partial charge >= 0.3 is 0 Å². The predicted octanol–water partition coefficient (Wildman–Crippen LogP) is 3.72. The Morgan fingerprint density at radius 1 is 1.10 bits per heavy atom. The number of hydrogen-bond acceptors (Lipinski definition) is 6. The van der Waals surface area contributed by atoms with Gasteiger partial charge in [0.25, 0.3) is 5.91 Å². The molecule has 1 heterocycles. The van der Waals surface area contributed by atoms with Gasteiger partial charge in [-0.3, -0.25) is 14.5 Å². The van der Waals surface area contributed by atoms with E-state index in [0.717, 1.165) is 42.1 Å². The fourth-order valence-electron chi connectivity index (χ4n) is 2.92. The van der Waals surface area contributed by atoms with Crippen LogP contribution in [0.4, 0.5) is 5.69 Å². The summed E-state index contributed by atoms with van der Waals surface area (Å²) in [4.78, 5) is 26.9. The summed E-state index contributed by atoms with van der Waals surface area (Å²) < 4.78 is 9.45. The molecule has 0 aliphatic rings. The number of rotatable bonds is 11. The zero-order valence-electron chi connectivity index (χ0n) is 17.5. The van der Waals surface area contributed by atoms with E-state index < -0.39 is 0 Å². The Morgan fingerprint density at radius 3 is 2.55 bits per heavy atom. The van der Waals surface area contributed by atoms with E-state index in [-0.39, 0.29) is 24.1 Å². The van der Waals surface area contributed by atoms with Crippen LogP contribution in [0.5, 0.6) is 5.75 Å². The number of anilines is 1. The Bertz CT molecular complexity index is 947. The van der Waals surface area contributed by atoms with Gasteiger partial charge in [-0.05, 0) is 54.2 Å². The van der Waals surface area contributed by atoms with Crippen LogP contribution in [0, 0.1) is 0 Å². The summed E-state index contributed by atoms with van der Waals surface area (Å²) in [5.74, 6) is 0.120. The van der Waals surface area contributed by atoms with Crippen molar-refractivity contribution in [3.63, 3.8) is 0 Å². The molecule has 0 fully saturated rings. The Balaban J connectivity index is 1.65. The number of amides is 2. The van der Waals surface area contributed by atoms with Gasteiger partial charge in [0.05, 0.1) is 6.61 Å². The van der Waals surface area contributed by atoms with Crippen molar-refractivity contribution in [3.05, 3.63) is 71.2 Å². The summed E-state index contributed by atoms with van der Waals surface area (Å²) in [5.41, 5.74) is 1.95. The molecule has 1 N–H and O–H groups in total. The molecule has 7 nitrogen and oxygen atoms in total. The van der Waals surface area contributed by atoms with Gasteiger partial charge in [0, 0.05) is 17.6 Å². The number of ether oxygens (including phenoxy) is 1. The Morgan fingerprint density at radius 2 is 1.87 bits per heavy atom. The van der Waals surface area contributed by atoms with Crippen LogP contribution in [0.3, 0.4) is 0 Å². The zero-order valence-corrected chi connectivity index (χ0v) is 18.3. The van der Waals surface area contributed by atoms with Gasteiger partial charge < -0.3 is 10.1 Å². The fraction of sp³-hybridized carbons (Fsp3) is 0.304. The van der Waals surface area contributed by atoms with Crippen LogP contribution in [0.2, 0.25) is 0 Å². The lowest BCUT2D eigenvalue weighted by molar-refractivity contribution is -0.119. The van der Waals surface area contributed by atoms with Gasteiger partial charge in [-0.2, -0.15) is 0 Å². The van der Waals surface area contributed by atoms with Crippen molar-refractivity contribution in [1.82, 2.24) is 14.9 Å². The molecule has 0 unspecified atom stereocenters. The largest absolute Gasteiger partial charge is 0.494 e. The molecule has 8 heteroatoms. The SMILES string of the molecule is CCCCOc1ccc(N(CC(=O)NCCc2ccccc2)C(=O)c2csnn2)cc1. The third-order valence-corrected chi connectivity index (χ3v) is 5.12. The molecule has 2 aromatic carbocycles. The van der Waals surface area contributed by atoms with Crippen LogP contribution >= 0.6 is 11.5 Å². The van der Waals surface area contributed by atoms with E-state index in [0.29, 0.717) is 18.8 Å². The van der Waals surface area contributed by atoms with Crippen molar-refractivity contribution in [2.24, 2.45) is 0 Å². The van der Waals surface area contributed by atoms with Crippen molar-refractivity contribution >= 4 is 29.0 Å². The molecule has 3 rings (SSSR count). The highest BCUT2D eigenvalue weighted by Crippen LogP contribution is 2.21. The standard InChI is InChI=1S/C23H26N4O3S/c1-2-3-15-30-20-11-9-19(10-12-20)27(23(29)21-17-31-26-25-21)16-22(28)24-14-13-18-7-5-4-6-8-18/h4-12,17H,2-3,13-16H2,1H3,(H,24,28). The van der Waals surface area contributed by atoms with Gasteiger partial charge in [-0.15, -0.1) is 5.10 Å². The number of carbonyl (C=O) groups excluding carboxylic acids is 2. The summed E-state index contributed by atoms with van der Waals surface area (Å²) in [6, 6.07) is 17.1. The number of hydrogen-bond donors (Lipinski definition) is 1. The van der Waals surface area contributed by atoms with E-state index in [1.165, 1.54) is 4.90 Å². The second kappa shape index (κ2) is 11.8. The third kappa shape index (κ3) is 6.89. The molecule has 0 atom stereocenters. The molecule has 0 bridgehead atoms. The van der Waals surface area contributed by atoms with Gasteiger partial charge in [0.15, 0.2) is 5.69 Å². The maximum Gasteiger partial charge on any atom is 0.280 e. The lowest BCUT2D eigenvalue weighted by Gasteiger charge is -2.21. The Labute approximate surface area is 186 Å². The molecule has 0 radical (unpaired) electrons. The number of carbonyl (C=O) groups is 2. The van der Waals surface area contributed by atoms with Crippen molar-refractivity contribution < 1.29 is 14.3 Å². The van der Waals surface area contributed by atoms with Crippen LogP contribution in [-0.2, 0) is 11.2 Å². The molecule has 0 aliphatic heterocycles. The molecular weight excluding hydrogens is 412 g/mol. The first-order chi connectivity index (χ1) is 15.2. The summed E-state index contributed by atoms with van der Waals surface area (Å²) in [6.45, 7) is 3.13. The maximum absolute atomic E-state index is 13.0. The van der Waals surface area contributed by atoms with Crippen LogP contribution in [0.1, 0.15) is 35.8 Å². The van der Waals surface area contributed by atoms with Gasteiger partial charge in [-0.25, -0.2) is 0 Å². The molecule has 3 aromatic rings. The second-order valence-electron chi connectivity index (χ2n) is 6.96. The van der Waals surface area contributed by atoms with Crippen molar-refractivity contribution in [1.29, 1.82) is 0 Å². The van der Waals surface area contributed by atoms with Gasteiger partial charge in [0.2, 0.25) is 5.91 Å². The highest BCUT2D eigenvalue weighted by molar-refractivity contribution is 7.03. The van der Waals surface area contributed by atoms with E-state index in [2.05, 4.69) is 21.8 Å². The first-order valence-electron chi connectivity index (χ1n) is 10.3. The van der Waals surface area contributed by atoms with Crippen molar-refractivity contribution in [3.8, 4) is 5.75 Å². The quantitative estimate of drug-likeness (QED) is 0.461. The van der Waals surface area contributed by atoms with Crippen LogP contribution < -0.4 is 15.0 Å². The lowest BCUT2D eigenvalue weighted by atomic mass is 10.1. The lowest BCUT2D eigenvalue weighted by Crippen LogP contribution is -2.41. The molecule has 2 amide bonds. The molecule has 162 valence electrons. The summed E-state index contributed by atoms with van der Waals surface area (Å²) in [7, 11) is 0. The first-order valence-corrected chi connectivity index (χ1v) is 11.1. The average Bonchev–Trinajstić information content (AvgIpc) is 3.34. The number of benzene rings is 2. The number of nitrogens with one attached hydrogen (secondary N) is 1. The van der Waals surface area contributed by atoms with E-state index >= 15 is 0 Å². The summed E-state index contributed by atoms with van der Waals surface area (Å²) >= 11 is 1.10. The monoisotopic (exact) mass is 438 g/mol. The first kappa shape index (κ1) is 22.4. The van der Waals surface area contributed by atoms with Crippen molar-refractivity contribution in [2.45, 2.75) is 26.2 Å². The molecule has 31 heavy (non-hydrogen) atoms. The van der Waals surface area contributed by atoms with E-state index in [1.807, 2.05) is 30.3 Å². The minimum atomic E-state index is -0.369. The topological polar surface area (TPSA) is 84.4 Å². The molecule has 0 spiro atoms. The van der Waals surface area contributed by atoms with E-state index in [1.54, 1.807) is 29.6 Å². The molecule has 0 saturated heterocycles. The third-order valence-electron chi connectivity index (χ3n) is 4.62. The van der Waals surface area contributed by atoms with Crippen LogP contribution in [0.15, 0.2) is 60.0 Å².